The van der Waals surface area contributed by atoms with Crippen molar-refractivity contribution in [3.05, 3.63) is 57.8 Å². The van der Waals surface area contributed by atoms with E-state index in [1.165, 1.54) is 0 Å². The number of aryl methyl sites for hydroxylation is 1. The van der Waals surface area contributed by atoms with Gasteiger partial charge in [-0.2, -0.15) is 0 Å². The Kier molecular flexibility index (Phi) is 6.23. The second kappa shape index (κ2) is 8.01. The van der Waals surface area contributed by atoms with E-state index < -0.39 is 28.4 Å². The molecule has 0 radical (unpaired) electrons. The van der Waals surface area contributed by atoms with Crippen LogP contribution in [0.5, 0.6) is 5.75 Å². The smallest absolute Gasteiger partial charge is 0.272 e. The number of hydrogen-bond acceptors (Lipinski definition) is 4. The van der Waals surface area contributed by atoms with E-state index in [0.717, 1.165) is 23.8 Å². The van der Waals surface area contributed by atoms with Gasteiger partial charge in [-0.05, 0) is 48.9 Å². The largest absolute Gasteiger partial charge is 0.484 e. The zero-order chi connectivity index (χ0) is 18.6. The number of nitrogens with one attached hydrogen (secondary N) is 2. The van der Waals surface area contributed by atoms with Crippen molar-refractivity contribution < 1.29 is 22.3 Å². The van der Waals surface area contributed by atoms with E-state index in [9.17, 15) is 17.6 Å². The molecule has 0 aliphatic rings. The van der Waals surface area contributed by atoms with Crippen LogP contribution in [-0.4, -0.2) is 20.9 Å². The Hall–Kier alpha value is -1.87. The highest BCUT2D eigenvalue weighted by molar-refractivity contribution is 7.89. The van der Waals surface area contributed by atoms with Crippen molar-refractivity contribution in [1.29, 1.82) is 0 Å². The Morgan fingerprint density at radius 3 is 2.52 bits per heavy atom. The standard InChI is InChI=1S/C15H13Cl2FN2O4S/c1-9-6-10(2-4-12(9)16)24-8-15(21)19-20-25(22,23)11-3-5-14(18)13(17)7-11/h2-7,20H,8H2,1H3,(H,19,21). The molecule has 25 heavy (non-hydrogen) atoms. The van der Waals surface area contributed by atoms with E-state index in [1.54, 1.807) is 25.1 Å². The topological polar surface area (TPSA) is 84.5 Å². The highest BCUT2D eigenvalue weighted by Gasteiger charge is 2.17. The molecule has 0 saturated carbocycles. The zero-order valence-electron chi connectivity index (χ0n) is 12.8. The van der Waals surface area contributed by atoms with Gasteiger partial charge in [-0.3, -0.25) is 10.2 Å². The third-order valence-corrected chi connectivity index (χ3v) is 4.98. The minimum Gasteiger partial charge on any atom is -0.484 e. The Labute approximate surface area is 153 Å². The van der Waals surface area contributed by atoms with Gasteiger partial charge in [0.25, 0.3) is 15.9 Å². The molecule has 0 saturated heterocycles. The maximum absolute atomic E-state index is 13.1. The summed E-state index contributed by atoms with van der Waals surface area (Å²) < 4.78 is 42.3. The third kappa shape index (κ3) is 5.30. The first-order valence-electron chi connectivity index (χ1n) is 6.84. The molecular weight excluding hydrogens is 394 g/mol. The van der Waals surface area contributed by atoms with Crippen LogP contribution in [0.4, 0.5) is 4.39 Å². The predicted octanol–water partition coefficient (Wildman–Crippen LogP) is 2.83. The molecule has 1 amide bonds. The lowest BCUT2D eigenvalue weighted by Crippen LogP contribution is -2.43. The van der Waals surface area contributed by atoms with Crippen molar-refractivity contribution in [3.8, 4) is 5.75 Å². The summed E-state index contributed by atoms with van der Waals surface area (Å²) in [6.45, 7) is 1.35. The number of rotatable bonds is 6. The number of amides is 1. The zero-order valence-corrected chi connectivity index (χ0v) is 15.2. The van der Waals surface area contributed by atoms with Gasteiger partial charge in [0.05, 0.1) is 9.92 Å². The summed E-state index contributed by atoms with van der Waals surface area (Å²) >= 11 is 11.4. The van der Waals surface area contributed by atoms with Crippen LogP contribution in [0.3, 0.4) is 0 Å². The number of sulfonamides is 1. The molecule has 10 heteroatoms. The highest BCUT2D eigenvalue weighted by atomic mass is 35.5. The number of carbonyl (C=O) groups excluding carboxylic acids is 1. The molecule has 2 aromatic rings. The lowest BCUT2D eigenvalue weighted by atomic mass is 10.2. The number of halogens is 3. The van der Waals surface area contributed by atoms with Gasteiger partial charge in [0.2, 0.25) is 0 Å². The summed E-state index contributed by atoms with van der Waals surface area (Å²) in [6, 6.07) is 7.68. The first-order chi connectivity index (χ1) is 11.7. The summed E-state index contributed by atoms with van der Waals surface area (Å²) in [5, 5.41) is 0.207. The summed E-state index contributed by atoms with van der Waals surface area (Å²) in [5.41, 5.74) is 2.76. The molecule has 0 heterocycles. The van der Waals surface area contributed by atoms with Gasteiger partial charge in [0, 0.05) is 5.02 Å². The van der Waals surface area contributed by atoms with E-state index in [1.807, 2.05) is 10.3 Å². The van der Waals surface area contributed by atoms with Crippen molar-refractivity contribution in [2.24, 2.45) is 0 Å². The minimum atomic E-state index is -4.10. The van der Waals surface area contributed by atoms with Crippen LogP contribution in [0.1, 0.15) is 5.56 Å². The molecule has 0 aliphatic carbocycles. The maximum Gasteiger partial charge on any atom is 0.272 e. The van der Waals surface area contributed by atoms with Crippen LogP contribution in [0.2, 0.25) is 10.0 Å². The van der Waals surface area contributed by atoms with Gasteiger partial charge >= 0.3 is 0 Å². The summed E-state index contributed by atoms with van der Waals surface area (Å²) in [7, 11) is -4.10. The average molecular weight is 407 g/mol. The second-order valence-corrected chi connectivity index (χ2v) is 7.43. The Morgan fingerprint density at radius 1 is 1.16 bits per heavy atom. The fourth-order valence-corrected chi connectivity index (χ4v) is 2.97. The van der Waals surface area contributed by atoms with Crippen LogP contribution in [0.25, 0.3) is 0 Å². The molecule has 0 fully saturated rings. The molecule has 134 valence electrons. The van der Waals surface area contributed by atoms with Crippen LogP contribution < -0.4 is 15.0 Å². The Balaban J connectivity index is 1.92. The molecule has 0 aliphatic heterocycles. The SMILES string of the molecule is Cc1cc(OCC(=O)NNS(=O)(=O)c2ccc(F)c(Cl)c2)ccc1Cl. The molecule has 6 nitrogen and oxygen atoms in total. The van der Waals surface area contributed by atoms with E-state index in [0.29, 0.717) is 10.8 Å². The summed E-state index contributed by atoms with van der Waals surface area (Å²) in [6.07, 6.45) is 0. The maximum atomic E-state index is 13.1. The lowest BCUT2D eigenvalue weighted by molar-refractivity contribution is -0.123. The van der Waals surface area contributed by atoms with E-state index in [4.69, 9.17) is 27.9 Å². The monoisotopic (exact) mass is 406 g/mol. The quantitative estimate of drug-likeness (QED) is 0.722. The molecule has 0 atom stereocenters. The van der Waals surface area contributed by atoms with Crippen molar-refractivity contribution in [3.63, 3.8) is 0 Å². The number of ether oxygens (including phenoxy) is 1. The van der Waals surface area contributed by atoms with Crippen LogP contribution in [-0.2, 0) is 14.8 Å². The van der Waals surface area contributed by atoms with Crippen molar-refractivity contribution >= 4 is 39.1 Å². The second-order valence-electron chi connectivity index (χ2n) is 4.93. The first kappa shape index (κ1) is 19.5. The highest BCUT2D eigenvalue weighted by Crippen LogP contribution is 2.21. The number of hydrazine groups is 1. The summed E-state index contributed by atoms with van der Waals surface area (Å²) in [4.78, 5) is 13.3. The van der Waals surface area contributed by atoms with Gasteiger partial charge in [-0.1, -0.05) is 23.2 Å². The van der Waals surface area contributed by atoms with Gasteiger partial charge in [0.1, 0.15) is 11.6 Å². The van der Waals surface area contributed by atoms with E-state index in [2.05, 4.69) is 0 Å². The molecule has 0 unspecified atom stereocenters. The van der Waals surface area contributed by atoms with Crippen LogP contribution in [0.15, 0.2) is 41.3 Å². The molecular formula is C15H13Cl2FN2O4S. The Bertz CT molecular complexity index is 906. The van der Waals surface area contributed by atoms with E-state index >= 15 is 0 Å². The number of carbonyl (C=O) groups is 1. The fourth-order valence-electron chi connectivity index (χ4n) is 1.72. The summed E-state index contributed by atoms with van der Waals surface area (Å²) in [5.74, 6) is -1.08. The molecule has 2 N–H and O–H groups in total. The van der Waals surface area contributed by atoms with Gasteiger partial charge < -0.3 is 4.74 Å². The number of hydrogen-bond donors (Lipinski definition) is 2. The van der Waals surface area contributed by atoms with Gasteiger partial charge in [0.15, 0.2) is 6.61 Å². The van der Waals surface area contributed by atoms with Gasteiger partial charge in [-0.25, -0.2) is 12.8 Å². The van der Waals surface area contributed by atoms with Crippen LogP contribution >= 0.6 is 23.2 Å². The predicted molar refractivity (Wildman–Crippen MR) is 91.6 cm³/mol. The first-order valence-corrected chi connectivity index (χ1v) is 9.07. The molecule has 2 aromatic carbocycles. The minimum absolute atomic E-state index is 0.298. The van der Waals surface area contributed by atoms with Crippen LogP contribution in [0, 0.1) is 12.7 Å². The molecule has 0 aromatic heterocycles. The van der Waals surface area contributed by atoms with Crippen molar-refractivity contribution in [1.82, 2.24) is 10.3 Å². The Morgan fingerprint density at radius 2 is 1.88 bits per heavy atom. The van der Waals surface area contributed by atoms with Crippen molar-refractivity contribution in [2.45, 2.75) is 11.8 Å². The fraction of sp³-hybridized carbons (Fsp3) is 0.133. The third-order valence-electron chi connectivity index (χ3n) is 3.03. The molecule has 0 bridgehead atoms. The average Bonchev–Trinajstić information content (AvgIpc) is 2.56. The normalized spacial score (nSPS) is 11.2. The molecule has 2 rings (SSSR count). The lowest BCUT2D eigenvalue weighted by Gasteiger charge is -2.10. The molecule has 0 spiro atoms. The number of benzene rings is 2. The van der Waals surface area contributed by atoms with Crippen molar-refractivity contribution in [2.75, 3.05) is 6.61 Å². The van der Waals surface area contributed by atoms with Gasteiger partial charge in [-0.15, -0.1) is 4.83 Å². The van der Waals surface area contributed by atoms with E-state index in [-0.39, 0.29) is 9.92 Å².